The lowest BCUT2D eigenvalue weighted by Gasteiger charge is -2.23. The maximum absolute atomic E-state index is 13.1. The van der Waals surface area contributed by atoms with Gasteiger partial charge in [-0.1, -0.05) is 12.1 Å². The van der Waals surface area contributed by atoms with E-state index in [0.29, 0.717) is 24.3 Å². The summed E-state index contributed by atoms with van der Waals surface area (Å²) in [6.07, 6.45) is 2.87. The molecule has 7 nitrogen and oxygen atoms in total. The molecule has 0 aliphatic carbocycles. The quantitative estimate of drug-likeness (QED) is 0.810. The van der Waals surface area contributed by atoms with E-state index in [-0.39, 0.29) is 12.5 Å². The molecular weight excluding hydrogens is 353 g/mol. The first-order valence-electron chi connectivity index (χ1n) is 8.85. The van der Waals surface area contributed by atoms with Gasteiger partial charge in [0.15, 0.2) is 0 Å². The number of carbonyl (C=O) groups excluding carboxylic acids is 1. The van der Waals surface area contributed by atoms with Gasteiger partial charge in [-0.3, -0.25) is 14.3 Å². The van der Waals surface area contributed by atoms with Gasteiger partial charge < -0.3 is 15.2 Å². The van der Waals surface area contributed by atoms with Gasteiger partial charge in [0.25, 0.3) is 5.91 Å². The Bertz CT molecular complexity index is 813. The van der Waals surface area contributed by atoms with Crippen LogP contribution in [0.25, 0.3) is 0 Å². The van der Waals surface area contributed by atoms with E-state index in [1.807, 2.05) is 11.6 Å². The fraction of sp³-hybridized carbons (Fsp3) is 0.421. The summed E-state index contributed by atoms with van der Waals surface area (Å²) in [5.74, 6) is -1.88. The third-order valence-electron chi connectivity index (χ3n) is 4.78. The second-order valence-electron chi connectivity index (χ2n) is 6.61. The molecule has 8 heteroatoms. The summed E-state index contributed by atoms with van der Waals surface area (Å²) in [7, 11) is 0. The molecule has 1 amide bonds. The molecule has 2 heterocycles. The van der Waals surface area contributed by atoms with Crippen LogP contribution in [-0.2, 0) is 9.53 Å². The number of ether oxygens (including phenoxy) is 1. The minimum Gasteiger partial charge on any atom is -0.481 e. The van der Waals surface area contributed by atoms with Crippen molar-refractivity contribution in [3.8, 4) is 0 Å². The first kappa shape index (κ1) is 19.0. The Hall–Kier alpha value is -2.74. The molecule has 144 valence electrons. The fourth-order valence-electron chi connectivity index (χ4n) is 3.30. The summed E-state index contributed by atoms with van der Waals surface area (Å²) in [4.78, 5) is 23.9. The van der Waals surface area contributed by atoms with E-state index in [2.05, 4.69) is 10.4 Å². The largest absolute Gasteiger partial charge is 0.481 e. The van der Waals surface area contributed by atoms with Crippen molar-refractivity contribution in [3.63, 3.8) is 0 Å². The van der Waals surface area contributed by atoms with Crippen molar-refractivity contribution in [2.24, 2.45) is 0 Å². The van der Waals surface area contributed by atoms with Crippen molar-refractivity contribution in [3.05, 3.63) is 53.1 Å². The van der Waals surface area contributed by atoms with Crippen LogP contribution >= 0.6 is 0 Å². The molecule has 0 spiro atoms. The Morgan fingerprint density at radius 2 is 2.00 bits per heavy atom. The Balaban J connectivity index is 1.78. The predicted octanol–water partition coefficient (Wildman–Crippen LogP) is 2.63. The molecule has 0 bridgehead atoms. The van der Waals surface area contributed by atoms with Gasteiger partial charge in [-0.25, -0.2) is 4.39 Å². The van der Waals surface area contributed by atoms with Crippen LogP contribution in [0.1, 0.15) is 53.0 Å². The Morgan fingerprint density at radius 1 is 1.33 bits per heavy atom. The van der Waals surface area contributed by atoms with Crippen molar-refractivity contribution in [1.29, 1.82) is 0 Å². The number of benzene rings is 1. The maximum atomic E-state index is 13.1. The number of carbonyl (C=O) groups is 2. The number of aliphatic carboxylic acids is 1. The average molecular weight is 375 g/mol. The van der Waals surface area contributed by atoms with Crippen molar-refractivity contribution in [2.45, 2.75) is 38.3 Å². The van der Waals surface area contributed by atoms with Crippen LogP contribution < -0.4 is 5.32 Å². The molecule has 1 atom stereocenters. The first-order valence-corrected chi connectivity index (χ1v) is 8.85. The maximum Gasteiger partial charge on any atom is 0.305 e. The molecule has 2 N–H and O–H groups in total. The summed E-state index contributed by atoms with van der Waals surface area (Å²) in [6, 6.07) is 4.85. The van der Waals surface area contributed by atoms with Crippen LogP contribution in [0.2, 0.25) is 0 Å². The smallest absolute Gasteiger partial charge is 0.305 e. The van der Waals surface area contributed by atoms with E-state index < -0.39 is 23.7 Å². The molecule has 1 aromatic heterocycles. The summed E-state index contributed by atoms with van der Waals surface area (Å²) < 4.78 is 20.3. The van der Waals surface area contributed by atoms with Gasteiger partial charge in [0.05, 0.1) is 30.3 Å². The third kappa shape index (κ3) is 4.51. The van der Waals surface area contributed by atoms with Crippen LogP contribution in [0.15, 0.2) is 30.5 Å². The lowest BCUT2D eigenvalue weighted by Crippen LogP contribution is -2.30. The highest BCUT2D eigenvalue weighted by molar-refractivity contribution is 5.95. The molecule has 1 unspecified atom stereocenters. The SMILES string of the molecule is Cc1c(C(=O)NC(CC(=O)O)c2ccc(F)cc2)cnn1C1CCOCC1. The molecule has 1 fully saturated rings. The monoisotopic (exact) mass is 375 g/mol. The number of hydrogen-bond donors (Lipinski definition) is 2. The van der Waals surface area contributed by atoms with Crippen LogP contribution in [0.3, 0.4) is 0 Å². The molecule has 0 saturated carbocycles. The number of carboxylic acid groups (broad SMARTS) is 1. The van der Waals surface area contributed by atoms with Gasteiger partial charge in [-0.15, -0.1) is 0 Å². The van der Waals surface area contributed by atoms with Gasteiger partial charge >= 0.3 is 5.97 Å². The van der Waals surface area contributed by atoms with E-state index in [9.17, 15) is 14.0 Å². The molecule has 2 aromatic rings. The van der Waals surface area contributed by atoms with Gasteiger partial charge in [0.2, 0.25) is 0 Å². The molecular formula is C19H22FN3O4. The minimum absolute atomic E-state index is 0.187. The van der Waals surface area contributed by atoms with Crippen molar-refractivity contribution in [1.82, 2.24) is 15.1 Å². The highest BCUT2D eigenvalue weighted by Crippen LogP contribution is 2.24. The number of nitrogens with one attached hydrogen (secondary N) is 1. The number of halogens is 1. The van der Waals surface area contributed by atoms with Crippen LogP contribution in [0.5, 0.6) is 0 Å². The number of hydrogen-bond acceptors (Lipinski definition) is 4. The van der Waals surface area contributed by atoms with Crippen molar-refractivity contribution in [2.75, 3.05) is 13.2 Å². The Labute approximate surface area is 156 Å². The van der Waals surface area contributed by atoms with Crippen LogP contribution in [0, 0.1) is 12.7 Å². The normalized spacial score (nSPS) is 16.1. The third-order valence-corrected chi connectivity index (χ3v) is 4.78. The lowest BCUT2D eigenvalue weighted by molar-refractivity contribution is -0.137. The molecule has 1 saturated heterocycles. The zero-order valence-electron chi connectivity index (χ0n) is 15.0. The van der Waals surface area contributed by atoms with Gasteiger partial charge in [-0.2, -0.15) is 5.10 Å². The Morgan fingerprint density at radius 3 is 2.63 bits per heavy atom. The summed E-state index contributed by atoms with van der Waals surface area (Å²) in [5, 5.41) is 16.2. The number of rotatable bonds is 6. The van der Waals surface area contributed by atoms with Gasteiger partial charge in [0.1, 0.15) is 5.82 Å². The number of aromatic nitrogens is 2. The number of nitrogens with zero attached hydrogens (tertiary/aromatic N) is 2. The standard InChI is InChI=1S/C19H22FN3O4/c1-12-16(11-21-23(12)15-6-8-27-9-7-15)19(26)22-17(10-18(24)25)13-2-4-14(20)5-3-13/h2-5,11,15,17H,6-10H2,1H3,(H,22,26)(H,24,25). The summed E-state index contributed by atoms with van der Waals surface area (Å²) in [5.41, 5.74) is 1.66. The van der Waals surface area contributed by atoms with Crippen molar-refractivity contribution < 1.29 is 23.8 Å². The molecule has 27 heavy (non-hydrogen) atoms. The van der Waals surface area contributed by atoms with Crippen LogP contribution in [-0.4, -0.2) is 40.0 Å². The zero-order valence-corrected chi connectivity index (χ0v) is 15.0. The second-order valence-corrected chi connectivity index (χ2v) is 6.61. The number of carboxylic acids is 1. The molecule has 1 aliphatic rings. The molecule has 1 aliphatic heterocycles. The summed E-state index contributed by atoms with van der Waals surface area (Å²) in [6.45, 7) is 3.15. The van der Waals surface area contributed by atoms with E-state index in [4.69, 9.17) is 9.84 Å². The lowest BCUT2D eigenvalue weighted by atomic mass is 10.0. The average Bonchev–Trinajstić information content (AvgIpc) is 3.03. The van der Waals surface area contributed by atoms with E-state index in [1.165, 1.54) is 30.5 Å². The molecule has 3 rings (SSSR count). The summed E-state index contributed by atoms with van der Waals surface area (Å²) >= 11 is 0. The number of amides is 1. The highest BCUT2D eigenvalue weighted by Gasteiger charge is 2.24. The van der Waals surface area contributed by atoms with E-state index in [1.54, 1.807) is 0 Å². The zero-order chi connectivity index (χ0) is 19.4. The predicted molar refractivity (Wildman–Crippen MR) is 94.9 cm³/mol. The van der Waals surface area contributed by atoms with E-state index in [0.717, 1.165) is 18.5 Å². The second kappa shape index (κ2) is 8.30. The first-order chi connectivity index (χ1) is 13.0. The molecule has 1 aromatic carbocycles. The van der Waals surface area contributed by atoms with Crippen LogP contribution in [0.4, 0.5) is 4.39 Å². The minimum atomic E-state index is -1.06. The Kier molecular flexibility index (Phi) is 5.85. The molecule has 0 radical (unpaired) electrons. The van der Waals surface area contributed by atoms with Gasteiger partial charge in [0, 0.05) is 18.9 Å². The van der Waals surface area contributed by atoms with Crippen molar-refractivity contribution >= 4 is 11.9 Å². The highest BCUT2D eigenvalue weighted by atomic mass is 19.1. The fourth-order valence-corrected chi connectivity index (χ4v) is 3.30. The van der Waals surface area contributed by atoms with E-state index >= 15 is 0 Å². The van der Waals surface area contributed by atoms with Gasteiger partial charge in [-0.05, 0) is 37.5 Å². The topological polar surface area (TPSA) is 93.5 Å².